The van der Waals surface area contributed by atoms with E-state index in [1.165, 1.54) is 31.4 Å². The highest BCUT2D eigenvalue weighted by molar-refractivity contribution is 5.67. The Morgan fingerprint density at radius 3 is 2.59 bits per heavy atom. The van der Waals surface area contributed by atoms with Crippen LogP contribution in [0.5, 0.6) is 0 Å². The van der Waals surface area contributed by atoms with E-state index >= 15 is 0 Å². The van der Waals surface area contributed by atoms with Gasteiger partial charge < -0.3 is 10.6 Å². The van der Waals surface area contributed by atoms with E-state index in [1.807, 2.05) is 30.2 Å². The smallest absolute Gasteiger partial charge is 0.227 e. The van der Waals surface area contributed by atoms with Crippen molar-refractivity contribution in [2.45, 2.75) is 38.6 Å². The molecule has 0 spiro atoms. The van der Waals surface area contributed by atoms with E-state index in [9.17, 15) is 0 Å². The van der Waals surface area contributed by atoms with E-state index in [-0.39, 0.29) is 0 Å². The predicted octanol–water partition coefficient (Wildman–Crippen LogP) is 4.55. The second-order valence-electron chi connectivity index (χ2n) is 7.69. The Kier molecular flexibility index (Phi) is 4.03. The third kappa shape index (κ3) is 3.79. The zero-order valence-electron chi connectivity index (χ0n) is 15.5. The van der Waals surface area contributed by atoms with Gasteiger partial charge in [-0.25, -0.2) is 9.97 Å². The van der Waals surface area contributed by atoms with E-state index < -0.39 is 0 Å². The molecule has 2 aliphatic carbocycles. The second kappa shape index (κ2) is 6.68. The quantitative estimate of drug-likeness (QED) is 0.647. The summed E-state index contributed by atoms with van der Waals surface area (Å²) in [6, 6.07) is 9.08. The molecular formula is C21H24N6. The lowest BCUT2D eigenvalue weighted by molar-refractivity contribution is 0.642. The molecule has 2 saturated carbocycles. The molecule has 0 radical (unpaired) electrons. The van der Waals surface area contributed by atoms with Crippen molar-refractivity contribution in [1.29, 1.82) is 0 Å². The van der Waals surface area contributed by atoms with Crippen molar-refractivity contribution in [3.8, 4) is 11.3 Å². The first kappa shape index (κ1) is 16.3. The van der Waals surface area contributed by atoms with Crippen molar-refractivity contribution in [1.82, 2.24) is 19.7 Å². The number of anilines is 3. The van der Waals surface area contributed by atoms with E-state index in [0.29, 0.717) is 12.0 Å². The third-order valence-corrected chi connectivity index (χ3v) is 5.20. The largest absolute Gasteiger partial charge is 0.385 e. The van der Waals surface area contributed by atoms with Gasteiger partial charge in [-0.2, -0.15) is 5.10 Å². The molecule has 5 rings (SSSR count). The Bertz CT molecular complexity index is 938. The molecule has 0 atom stereocenters. The third-order valence-electron chi connectivity index (χ3n) is 5.20. The van der Waals surface area contributed by atoms with Crippen LogP contribution in [0.3, 0.4) is 0 Å². The molecule has 6 nitrogen and oxygen atoms in total. The highest BCUT2D eigenvalue weighted by Gasteiger charge is 2.24. The summed E-state index contributed by atoms with van der Waals surface area (Å²) in [5.41, 5.74) is 5.21. The maximum absolute atomic E-state index is 4.74. The molecule has 2 fully saturated rings. The lowest BCUT2D eigenvalue weighted by Gasteiger charge is -2.10. The van der Waals surface area contributed by atoms with Crippen LogP contribution < -0.4 is 10.6 Å². The number of aryl methyl sites for hydroxylation is 1. The number of aromatic nitrogens is 4. The molecule has 0 unspecified atom stereocenters. The minimum atomic E-state index is 0.571. The summed E-state index contributed by atoms with van der Waals surface area (Å²) in [7, 11) is 0. The van der Waals surface area contributed by atoms with Crippen molar-refractivity contribution in [2.75, 3.05) is 17.2 Å². The van der Waals surface area contributed by atoms with Crippen LogP contribution in [0.15, 0.2) is 42.9 Å². The number of benzene rings is 1. The van der Waals surface area contributed by atoms with Crippen LogP contribution >= 0.6 is 0 Å². The van der Waals surface area contributed by atoms with Crippen LogP contribution in [0.4, 0.5) is 17.3 Å². The minimum Gasteiger partial charge on any atom is -0.385 e. The highest BCUT2D eigenvalue weighted by Crippen LogP contribution is 2.35. The normalized spacial score (nSPS) is 16.3. The summed E-state index contributed by atoms with van der Waals surface area (Å²) >= 11 is 0. The van der Waals surface area contributed by atoms with Gasteiger partial charge in [0.2, 0.25) is 5.95 Å². The first-order valence-corrected chi connectivity index (χ1v) is 9.74. The molecule has 138 valence electrons. The Morgan fingerprint density at radius 1 is 1.04 bits per heavy atom. The standard InChI is InChI=1S/C21H24N6/c1-14-10-23-21(25-18-12-24-27(13-18)19-8-9-19)26-20(14)16-4-6-17(7-5-16)22-11-15-2-3-15/h4-7,10,12-13,15,19,22H,2-3,8-9,11H2,1H3,(H,23,25,26). The zero-order chi connectivity index (χ0) is 18.2. The number of nitrogens with one attached hydrogen (secondary N) is 2. The van der Waals surface area contributed by atoms with Crippen LogP contribution in [0.1, 0.15) is 37.3 Å². The van der Waals surface area contributed by atoms with E-state index in [0.717, 1.165) is 35.0 Å². The molecule has 1 aromatic carbocycles. The lowest BCUT2D eigenvalue weighted by atomic mass is 10.1. The van der Waals surface area contributed by atoms with Crippen molar-refractivity contribution < 1.29 is 0 Å². The van der Waals surface area contributed by atoms with Gasteiger partial charge >= 0.3 is 0 Å². The fourth-order valence-corrected chi connectivity index (χ4v) is 3.20. The van der Waals surface area contributed by atoms with Gasteiger partial charge in [0.15, 0.2) is 0 Å². The Morgan fingerprint density at radius 2 is 1.85 bits per heavy atom. The predicted molar refractivity (Wildman–Crippen MR) is 107 cm³/mol. The van der Waals surface area contributed by atoms with Gasteiger partial charge in [-0.1, -0.05) is 12.1 Å². The summed E-state index contributed by atoms with van der Waals surface area (Å²) in [5.74, 6) is 1.47. The molecular weight excluding hydrogens is 336 g/mol. The van der Waals surface area contributed by atoms with Crippen molar-refractivity contribution >= 4 is 17.3 Å². The van der Waals surface area contributed by atoms with Crippen molar-refractivity contribution in [2.24, 2.45) is 5.92 Å². The van der Waals surface area contributed by atoms with Crippen molar-refractivity contribution in [3.63, 3.8) is 0 Å². The average molecular weight is 360 g/mol. The molecule has 27 heavy (non-hydrogen) atoms. The minimum absolute atomic E-state index is 0.571. The maximum Gasteiger partial charge on any atom is 0.227 e. The van der Waals surface area contributed by atoms with Gasteiger partial charge in [-0.15, -0.1) is 0 Å². The fourth-order valence-electron chi connectivity index (χ4n) is 3.20. The molecule has 2 heterocycles. The van der Waals surface area contributed by atoms with Gasteiger partial charge in [0.1, 0.15) is 0 Å². The molecule has 0 aliphatic heterocycles. The van der Waals surface area contributed by atoms with E-state index in [1.54, 1.807) is 0 Å². The summed E-state index contributed by atoms with van der Waals surface area (Å²) in [5, 5.41) is 11.2. The first-order valence-electron chi connectivity index (χ1n) is 9.74. The van der Waals surface area contributed by atoms with Crippen molar-refractivity contribution in [3.05, 3.63) is 48.4 Å². The summed E-state index contributed by atoms with van der Waals surface area (Å²) in [6.45, 7) is 3.12. The van der Waals surface area contributed by atoms with Crippen LogP contribution in [0, 0.1) is 12.8 Å². The average Bonchev–Trinajstić information content (AvgIpc) is 3.62. The highest BCUT2D eigenvalue weighted by atomic mass is 15.3. The second-order valence-corrected chi connectivity index (χ2v) is 7.69. The molecule has 0 bridgehead atoms. The molecule has 6 heteroatoms. The molecule has 0 amide bonds. The summed E-state index contributed by atoms with van der Waals surface area (Å²) in [6.07, 6.45) is 10.9. The summed E-state index contributed by atoms with van der Waals surface area (Å²) < 4.78 is 2.02. The van der Waals surface area contributed by atoms with E-state index in [4.69, 9.17) is 4.98 Å². The molecule has 2 aliphatic rings. The van der Waals surface area contributed by atoms with Crippen LogP contribution in [-0.2, 0) is 0 Å². The SMILES string of the molecule is Cc1cnc(Nc2cnn(C3CC3)c2)nc1-c1ccc(NCC2CC2)cc1. The van der Waals surface area contributed by atoms with Gasteiger partial charge in [-0.3, -0.25) is 4.68 Å². The number of nitrogens with zero attached hydrogens (tertiary/aromatic N) is 4. The Labute approximate surface area is 159 Å². The first-order chi connectivity index (χ1) is 13.2. The maximum atomic E-state index is 4.74. The van der Waals surface area contributed by atoms with Gasteiger partial charge in [0.05, 0.1) is 23.6 Å². The molecule has 2 N–H and O–H groups in total. The molecule has 0 saturated heterocycles. The monoisotopic (exact) mass is 360 g/mol. The van der Waals surface area contributed by atoms with Gasteiger partial charge in [-0.05, 0) is 56.2 Å². The van der Waals surface area contributed by atoms with E-state index in [2.05, 4.69) is 45.0 Å². The molecule has 3 aromatic rings. The van der Waals surface area contributed by atoms with Crippen LogP contribution in [0.2, 0.25) is 0 Å². The van der Waals surface area contributed by atoms with Crippen LogP contribution in [-0.4, -0.2) is 26.3 Å². The Hall–Kier alpha value is -2.89. The number of rotatable bonds is 7. The zero-order valence-corrected chi connectivity index (χ0v) is 15.5. The van der Waals surface area contributed by atoms with Gasteiger partial charge in [0.25, 0.3) is 0 Å². The number of hydrogen-bond acceptors (Lipinski definition) is 5. The van der Waals surface area contributed by atoms with Crippen LogP contribution in [0.25, 0.3) is 11.3 Å². The fraction of sp³-hybridized carbons (Fsp3) is 0.381. The lowest BCUT2D eigenvalue weighted by Crippen LogP contribution is -2.03. The summed E-state index contributed by atoms with van der Waals surface area (Å²) in [4.78, 5) is 9.17. The Balaban J connectivity index is 1.32. The molecule has 2 aromatic heterocycles. The number of hydrogen-bond donors (Lipinski definition) is 2. The van der Waals surface area contributed by atoms with Gasteiger partial charge in [0, 0.05) is 30.2 Å². The topological polar surface area (TPSA) is 67.7 Å².